The van der Waals surface area contributed by atoms with Crippen LogP contribution in [0.5, 0.6) is 0 Å². The summed E-state index contributed by atoms with van der Waals surface area (Å²) in [5, 5.41) is 8.26. The molecule has 0 aliphatic carbocycles. The largest absolute Gasteiger partial charge is 0.336 e. The molecular weight excluding hydrogens is 352 g/mol. The lowest BCUT2D eigenvalue weighted by atomic mass is 10.2. The van der Waals surface area contributed by atoms with Crippen LogP contribution in [0.25, 0.3) is 0 Å². The highest BCUT2D eigenvalue weighted by molar-refractivity contribution is 7.91. The van der Waals surface area contributed by atoms with Gasteiger partial charge in [0.1, 0.15) is 0 Å². The monoisotopic (exact) mass is 374 g/mol. The van der Waals surface area contributed by atoms with E-state index in [4.69, 9.17) is 0 Å². The van der Waals surface area contributed by atoms with Crippen molar-refractivity contribution in [2.24, 2.45) is 0 Å². The SMILES string of the molecule is CCN(c1ccccc1)c1ccc(C(=O)N(C)C2CCS(=O)(=O)C2)nn1. The molecule has 2 aromatic rings. The van der Waals surface area contributed by atoms with Crippen LogP contribution in [0, 0.1) is 0 Å². The summed E-state index contributed by atoms with van der Waals surface area (Å²) in [6.07, 6.45) is 0.466. The van der Waals surface area contributed by atoms with Crippen LogP contribution in [0.2, 0.25) is 0 Å². The van der Waals surface area contributed by atoms with Gasteiger partial charge in [-0.25, -0.2) is 8.42 Å². The molecule has 0 bridgehead atoms. The minimum Gasteiger partial charge on any atom is -0.336 e. The Bertz CT molecular complexity index is 869. The van der Waals surface area contributed by atoms with Crippen molar-refractivity contribution in [3.05, 3.63) is 48.2 Å². The molecule has 1 saturated heterocycles. The fourth-order valence-corrected chi connectivity index (χ4v) is 4.87. The summed E-state index contributed by atoms with van der Waals surface area (Å²) in [6, 6.07) is 12.9. The topological polar surface area (TPSA) is 83.5 Å². The first-order chi connectivity index (χ1) is 12.4. The van der Waals surface area contributed by atoms with E-state index in [1.165, 1.54) is 4.90 Å². The second-order valence-corrected chi connectivity index (χ2v) is 8.56. The summed E-state index contributed by atoms with van der Waals surface area (Å²) in [5.74, 6) is 0.483. The molecule has 0 N–H and O–H groups in total. The smallest absolute Gasteiger partial charge is 0.274 e. The number of anilines is 2. The van der Waals surface area contributed by atoms with Gasteiger partial charge in [0.25, 0.3) is 5.91 Å². The summed E-state index contributed by atoms with van der Waals surface area (Å²) >= 11 is 0. The molecule has 7 nitrogen and oxygen atoms in total. The predicted octanol–water partition coefficient (Wildman–Crippen LogP) is 1.89. The summed E-state index contributed by atoms with van der Waals surface area (Å²) < 4.78 is 23.2. The zero-order valence-corrected chi connectivity index (χ0v) is 15.7. The Balaban J connectivity index is 1.75. The zero-order chi connectivity index (χ0) is 18.7. The van der Waals surface area contributed by atoms with E-state index in [0.29, 0.717) is 18.8 Å². The third-order valence-corrected chi connectivity index (χ3v) is 6.36. The number of sulfone groups is 1. The number of carbonyl (C=O) groups excluding carboxylic acids is 1. The van der Waals surface area contributed by atoms with Gasteiger partial charge >= 0.3 is 0 Å². The van der Waals surface area contributed by atoms with Crippen LogP contribution < -0.4 is 4.90 Å². The lowest BCUT2D eigenvalue weighted by Crippen LogP contribution is -2.38. The Labute approximate surface area is 153 Å². The van der Waals surface area contributed by atoms with Crippen molar-refractivity contribution in [2.45, 2.75) is 19.4 Å². The van der Waals surface area contributed by atoms with Gasteiger partial charge in [-0.05, 0) is 37.6 Å². The quantitative estimate of drug-likeness (QED) is 0.795. The first-order valence-corrected chi connectivity index (χ1v) is 10.4. The molecule has 1 aromatic carbocycles. The molecule has 0 saturated carbocycles. The summed E-state index contributed by atoms with van der Waals surface area (Å²) in [5.41, 5.74) is 1.21. The molecule has 1 fully saturated rings. The van der Waals surface area contributed by atoms with Gasteiger partial charge in [0, 0.05) is 25.3 Å². The van der Waals surface area contributed by atoms with Crippen LogP contribution in [0.4, 0.5) is 11.5 Å². The number of rotatable bonds is 5. The molecule has 1 unspecified atom stereocenters. The highest BCUT2D eigenvalue weighted by Crippen LogP contribution is 2.23. The van der Waals surface area contributed by atoms with Crippen molar-refractivity contribution < 1.29 is 13.2 Å². The molecule has 26 heavy (non-hydrogen) atoms. The van der Waals surface area contributed by atoms with E-state index in [0.717, 1.165) is 5.69 Å². The normalized spacial score (nSPS) is 18.5. The van der Waals surface area contributed by atoms with Crippen molar-refractivity contribution in [2.75, 3.05) is 30.0 Å². The summed E-state index contributed by atoms with van der Waals surface area (Å²) in [6.45, 7) is 2.73. The number of hydrogen-bond donors (Lipinski definition) is 0. The molecule has 8 heteroatoms. The molecule has 1 atom stereocenters. The van der Waals surface area contributed by atoms with Gasteiger partial charge in [-0.15, -0.1) is 10.2 Å². The molecule has 0 radical (unpaired) electrons. The van der Waals surface area contributed by atoms with Crippen molar-refractivity contribution in [1.29, 1.82) is 0 Å². The second-order valence-electron chi connectivity index (χ2n) is 6.33. The molecule has 1 aliphatic heterocycles. The fraction of sp³-hybridized carbons (Fsp3) is 0.389. The van der Waals surface area contributed by atoms with Gasteiger partial charge in [0.05, 0.1) is 11.5 Å². The van der Waals surface area contributed by atoms with Gasteiger partial charge < -0.3 is 9.80 Å². The maximum Gasteiger partial charge on any atom is 0.274 e. The second kappa shape index (κ2) is 7.41. The van der Waals surface area contributed by atoms with Crippen LogP contribution in [0.1, 0.15) is 23.8 Å². The van der Waals surface area contributed by atoms with Crippen molar-refractivity contribution in [3.8, 4) is 0 Å². The first-order valence-electron chi connectivity index (χ1n) is 8.55. The lowest BCUT2D eigenvalue weighted by molar-refractivity contribution is 0.0740. The summed E-state index contributed by atoms with van der Waals surface area (Å²) in [7, 11) is -1.43. The third-order valence-electron chi connectivity index (χ3n) is 4.61. The number of aromatic nitrogens is 2. The number of carbonyl (C=O) groups is 1. The first kappa shape index (κ1) is 18.3. The Kier molecular flexibility index (Phi) is 5.22. The maximum absolute atomic E-state index is 12.6. The Morgan fingerprint density at radius 3 is 2.42 bits per heavy atom. The molecule has 2 heterocycles. The van der Waals surface area contributed by atoms with E-state index in [-0.39, 0.29) is 29.1 Å². The van der Waals surface area contributed by atoms with Crippen LogP contribution in [-0.4, -0.2) is 60.6 Å². The third kappa shape index (κ3) is 3.85. The fourth-order valence-electron chi connectivity index (χ4n) is 3.10. The highest BCUT2D eigenvalue weighted by atomic mass is 32.2. The van der Waals surface area contributed by atoms with Gasteiger partial charge in [-0.3, -0.25) is 4.79 Å². The molecule has 1 aromatic heterocycles. The number of nitrogens with zero attached hydrogens (tertiary/aromatic N) is 4. The van der Waals surface area contributed by atoms with Crippen LogP contribution in [-0.2, 0) is 9.84 Å². The van der Waals surface area contributed by atoms with Crippen LogP contribution in [0.15, 0.2) is 42.5 Å². The van der Waals surface area contributed by atoms with E-state index < -0.39 is 9.84 Å². The van der Waals surface area contributed by atoms with Gasteiger partial charge in [-0.2, -0.15) is 0 Å². The molecule has 3 rings (SSSR count). The minimum absolute atomic E-state index is 0.0123. The standard InChI is InChI=1S/C18H22N4O3S/c1-3-22(14-7-5-4-6-8-14)17-10-9-16(19-20-17)18(23)21(2)15-11-12-26(24,25)13-15/h4-10,15H,3,11-13H2,1-2H3. The molecule has 1 aliphatic rings. The number of para-hydroxylation sites is 1. The highest BCUT2D eigenvalue weighted by Gasteiger charge is 2.33. The van der Waals surface area contributed by atoms with Crippen molar-refractivity contribution in [1.82, 2.24) is 15.1 Å². The van der Waals surface area contributed by atoms with Crippen molar-refractivity contribution in [3.63, 3.8) is 0 Å². The average Bonchev–Trinajstić information content (AvgIpc) is 3.02. The number of hydrogen-bond acceptors (Lipinski definition) is 6. The predicted molar refractivity (Wildman–Crippen MR) is 100 cm³/mol. The Morgan fingerprint density at radius 1 is 1.15 bits per heavy atom. The minimum atomic E-state index is -3.04. The molecule has 1 amide bonds. The van der Waals surface area contributed by atoms with E-state index >= 15 is 0 Å². The van der Waals surface area contributed by atoms with Gasteiger partial charge in [-0.1, -0.05) is 18.2 Å². The van der Waals surface area contributed by atoms with Crippen LogP contribution in [0.3, 0.4) is 0 Å². The van der Waals surface area contributed by atoms with Crippen LogP contribution >= 0.6 is 0 Å². The number of benzene rings is 1. The lowest BCUT2D eigenvalue weighted by Gasteiger charge is -2.24. The molecule has 0 spiro atoms. The molecule has 138 valence electrons. The average molecular weight is 374 g/mol. The molecular formula is C18H22N4O3S. The van der Waals surface area contributed by atoms with Gasteiger partial charge in [0.2, 0.25) is 0 Å². The Morgan fingerprint density at radius 2 is 1.88 bits per heavy atom. The van der Waals surface area contributed by atoms with E-state index in [2.05, 4.69) is 10.2 Å². The van der Waals surface area contributed by atoms with E-state index in [9.17, 15) is 13.2 Å². The number of amides is 1. The zero-order valence-electron chi connectivity index (χ0n) is 14.9. The van der Waals surface area contributed by atoms with Crippen molar-refractivity contribution >= 4 is 27.2 Å². The maximum atomic E-state index is 12.6. The van der Waals surface area contributed by atoms with E-state index in [1.807, 2.05) is 42.2 Å². The summed E-state index contributed by atoms with van der Waals surface area (Å²) in [4.78, 5) is 16.0. The van der Waals surface area contributed by atoms with Gasteiger partial charge in [0.15, 0.2) is 21.3 Å². The van der Waals surface area contributed by atoms with E-state index in [1.54, 1.807) is 19.2 Å². The Hall–Kier alpha value is -2.48.